The van der Waals surface area contributed by atoms with Gasteiger partial charge in [0.25, 0.3) is 5.69 Å². The van der Waals surface area contributed by atoms with E-state index in [1.165, 1.54) is 17.4 Å². The van der Waals surface area contributed by atoms with Crippen LogP contribution in [-0.2, 0) is 6.54 Å². The van der Waals surface area contributed by atoms with Crippen molar-refractivity contribution in [3.05, 3.63) is 38.3 Å². The first-order valence-electron chi connectivity index (χ1n) is 5.59. The van der Waals surface area contributed by atoms with E-state index in [0.29, 0.717) is 22.1 Å². The summed E-state index contributed by atoms with van der Waals surface area (Å²) in [6, 6.07) is 4.56. The summed E-state index contributed by atoms with van der Waals surface area (Å²) in [6.45, 7) is 3.40. The van der Waals surface area contributed by atoms with Crippen LogP contribution in [0.4, 0.5) is 5.69 Å². The molecule has 0 aliphatic heterocycles. The zero-order chi connectivity index (χ0) is 13.8. The van der Waals surface area contributed by atoms with Crippen LogP contribution in [0.3, 0.4) is 0 Å². The van der Waals surface area contributed by atoms with Gasteiger partial charge in [-0.25, -0.2) is 0 Å². The highest BCUT2D eigenvalue weighted by Gasteiger charge is 2.21. The average molecular weight is 299 g/mol. The molecule has 0 aliphatic carbocycles. The quantitative estimate of drug-likeness (QED) is 0.678. The van der Waals surface area contributed by atoms with Crippen LogP contribution >= 0.6 is 22.9 Å². The average Bonchev–Trinajstić information content (AvgIpc) is 2.84. The van der Waals surface area contributed by atoms with E-state index < -0.39 is 4.92 Å². The third-order valence-electron chi connectivity index (χ3n) is 2.40. The van der Waals surface area contributed by atoms with E-state index in [1.807, 2.05) is 6.92 Å². The molecule has 0 atom stereocenters. The normalized spacial score (nSPS) is 10.6. The lowest BCUT2D eigenvalue weighted by molar-refractivity contribution is -0.384. The first-order chi connectivity index (χ1) is 9.13. The van der Waals surface area contributed by atoms with Crippen molar-refractivity contribution in [1.29, 1.82) is 0 Å². The molecule has 1 aromatic heterocycles. The first kappa shape index (κ1) is 13.9. The molecule has 0 bridgehead atoms. The molecule has 0 saturated carbocycles. The molecule has 2 aromatic rings. The molecule has 0 aliphatic rings. The highest BCUT2D eigenvalue weighted by Crippen LogP contribution is 2.37. The van der Waals surface area contributed by atoms with Crippen LogP contribution < -0.4 is 5.32 Å². The van der Waals surface area contributed by atoms with Crippen LogP contribution in [0.2, 0.25) is 5.02 Å². The minimum absolute atomic E-state index is 0.0568. The number of rotatable bonds is 5. The van der Waals surface area contributed by atoms with Gasteiger partial charge in [-0.1, -0.05) is 35.9 Å². The molecule has 2 rings (SSSR count). The van der Waals surface area contributed by atoms with Crippen molar-refractivity contribution < 1.29 is 4.92 Å². The zero-order valence-corrected chi connectivity index (χ0v) is 11.7. The molecule has 0 fully saturated rings. The van der Waals surface area contributed by atoms with Crippen molar-refractivity contribution in [3.8, 4) is 10.6 Å². The predicted molar refractivity (Wildman–Crippen MR) is 74.4 cm³/mol. The van der Waals surface area contributed by atoms with Gasteiger partial charge in [0.05, 0.1) is 9.95 Å². The molecule has 1 heterocycles. The van der Waals surface area contributed by atoms with E-state index in [1.54, 1.807) is 12.1 Å². The van der Waals surface area contributed by atoms with Gasteiger partial charge in [-0.3, -0.25) is 10.1 Å². The van der Waals surface area contributed by atoms with Crippen molar-refractivity contribution in [1.82, 2.24) is 15.5 Å². The molecule has 19 heavy (non-hydrogen) atoms. The number of nitrogens with zero attached hydrogens (tertiary/aromatic N) is 3. The number of benzene rings is 1. The molecule has 0 spiro atoms. The standard InChI is InChI=1S/C11H11ClN4O2S/c1-2-13-6-9-14-15-11(19-9)10-7(12)4-3-5-8(10)16(17)18/h3-5,13H,2,6H2,1H3. The highest BCUT2D eigenvalue weighted by molar-refractivity contribution is 7.14. The summed E-state index contributed by atoms with van der Waals surface area (Å²) in [7, 11) is 0. The summed E-state index contributed by atoms with van der Waals surface area (Å²) < 4.78 is 0. The Bertz CT molecular complexity index is 602. The van der Waals surface area contributed by atoms with Crippen LogP contribution in [0.15, 0.2) is 18.2 Å². The molecule has 0 amide bonds. The molecule has 0 radical (unpaired) electrons. The van der Waals surface area contributed by atoms with Gasteiger partial charge in [-0.2, -0.15) is 0 Å². The van der Waals surface area contributed by atoms with Crippen molar-refractivity contribution in [3.63, 3.8) is 0 Å². The van der Waals surface area contributed by atoms with E-state index in [9.17, 15) is 10.1 Å². The lowest BCUT2D eigenvalue weighted by atomic mass is 10.2. The number of nitrogens with one attached hydrogen (secondary N) is 1. The molecule has 0 unspecified atom stereocenters. The van der Waals surface area contributed by atoms with Gasteiger partial charge >= 0.3 is 0 Å². The molecule has 6 nitrogen and oxygen atoms in total. The van der Waals surface area contributed by atoms with Crippen LogP contribution in [0.5, 0.6) is 0 Å². The molecule has 1 N–H and O–H groups in total. The number of halogens is 1. The highest BCUT2D eigenvalue weighted by atomic mass is 35.5. The summed E-state index contributed by atoms with van der Waals surface area (Å²) in [5, 5.41) is 23.7. The predicted octanol–water partition coefficient (Wildman–Crippen LogP) is 2.88. The Balaban J connectivity index is 2.41. The van der Waals surface area contributed by atoms with E-state index >= 15 is 0 Å². The summed E-state index contributed by atoms with van der Waals surface area (Å²) in [4.78, 5) is 10.6. The molecule has 8 heteroatoms. The number of aromatic nitrogens is 2. The lowest BCUT2D eigenvalue weighted by Crippen LogP contribution is -2.11. The summed E-state index contributed by atoms with van der Waals surface area (Å²) in [5.74, 6) is 0. The van der Waals surface area contributed by atoms with Crippen LogP contribution in [-0.4, -0.2) is 21.7 Å². The minimum atomic E-state index is -0.466. The van der Waals surface area contributed by atoms with Gasteiger partial charge in [0.1, 0.15) is 10.6 Å². The molecule has 100 valence electrons. The Morgan fingerprint density at radius 3 is 2.95 bits per heavy atom. The van der Waals surface area contributed by atoms with Crippen LogP contribution in [0.25, 0.3) is 10.6 Å². The Morgan fingerprint density at radius 2 is 2.26 bits per heavy atom. The third kappa shape index (κ3) is 3.06. The van der Waals surface area contributed by atoms with Gasteiger partial charge in [0.15, 0.2) is 5.01 Å². The Morgan fingerprint density at radius 1 is 1.47 bits per heavy atom. The monoisotopic (exact) mass is 298 g/mol. The van der Waals surface area contributed by atoms with Crippen molar-refractivity contribution in [2.24, 2.45) is 0 Å². The molecular formula is C11H11ClN4O2S. The number of hydrogen-bond acceptors (Lipinski definition) is 6. The molecular weight excluding hydrogens is 288 g/mol. The first-order valence-corrected chi connectivity index (χ1v) is 6.79. The van der Waals surface area contributed by atoms with E-state index in [2.05, 4.69) is 15.5 Å². The van der Waals surface area contributed by atoms with Crippen molar-refractivity contribution >= 4 is 28.6 Å². The molecule has 0 saturated heterocycles. The Labute approximate surface area is 118 Å². The fraction of sp³-hybridized carbons (Fsp3) is 0.273. The van der Waals surface area contributed by atoms with E-state index in [0.717, 1.165) is 11.6 Å². The maximum atomic E-state index is 11.0. The smallest absolute Gasteiger partial charge is 0.281 e. The zero-order valence-electron chi connectivity index (χ0n) is 10.1. The summed E-state index contributed by atoms with van der Waals surface area (Å²) >= 11 is 7.34. The van der Waals surface area contributed by atoms with Gasteiger partial charge in [0, 0.05) is 12.6 Å². The second-order valence-electron chi connectivity index (χ2n) is 3.67. The van der Waals surface area contributed by atoms with Crippen LogP contribution in [0, 0.1) is 10.1 Å². The van der Waals surface area contributed by atoms with Gasteiger partial charge in [0.2, 0.25) is 0 Å². The van der Waals surface area contributed by atoms with Crippen LogP contribution in [0.1, 0.15) is 11.9 Å². The maximum Gasteiger partial charge on any atom is 0.281 e. The fourth-order valence-electron chi connectivity index (χ4n) is 1.53. The van der Waals surface area contributed by atoms with Crippen molar-refractivity contribution in [2.75, 3.05) is 6.54 Å². The van der Waals surface area contributed by atoms with Gasteiger partial charge in [-0.15, -0.1) is 10.2 Å². The SMILES string of the molecule is CCNCc1nnc(-c2c(Cl)cccc2[N+](=O)[O-])s1. The lowest BCUT2D eigenvalue weighted by Gasteiger charge is -2.00. The van der Waals surface area contributed by atoms with E-state index in [4.69, 9.17) is 11.6 Å². The van der Waals surface area contributed by atoms with Gasteiger partial charge in [-0.05, 0) is 12.6 Å². The third-order valence-corrected chi connectivity index (χ3v) is 3.65. The van der Waals surface area contributed by atoms with E-state index in [-0.39, 0.29) is 5.69 Å². The van der Waals surface area contributed by atoms with Gasteiger partial charge < -0.3 is 5.32 Å². The topological polar surface area (TPSA) is 81.0 Å². The summed E-state index contributed by atoms with van der Waals surface area (Å²) in [6.07, 6.45) is 0. The number of nitro groups is 1. The maximum absolute atomic E-state index is 11.0. The Kier molecular flexibility index (Phi) is 4.41. The van der Waals surface area contributed by atoms with Crippen molar-refractivity contribution in [2.45, 2.75) is 13.5 Å². The fourth-order valence-corrected chi connectivity index (χ4v) is 2.73. The second kappa shape index (κ2) is 6.05. The Hall–Kier alpha value is -1.57. The second-order valence-corrected chi connectivity index (χ2v) is 5.14. The minimum Gasteiger partial charge on any atom is -0.311 e. The number of hydrogen-bond donors (Lipinski definition) is 1. The number of nitro benzene ring substituents is 1. The largest absolute Gasteiger partial charge is 0.311 e. The summed E-state index contributed by atoms with van der Waals surface area (Å²) in [5.41, 5.74) is 0.271. The molecule has 1 aromatic carbocycles.